The number of nitrogens with one attached hydrogen (secondary N) is 1. The van der Waals surface area contributed by atoms with Gasteiger partial charge in [0.2, 0.25) is 11.7 Å². The number of pyridine rings is 1. The van der Waals surface area contributed by atoms with Gasteiger partial charge in [-0.1, -0.05) is 17.3 Å². The number of nitrogens with zero attached hydrogens (tertiary/aromatic N) is 4. The summed E-state index contributed by atoms with van der Waals surface area (Å²) in [5, 5.41) is 7.24. The number of hydrogen-bond donors (Lipinski definition) is 1. The van der Waals surface area contributed by atoms with Crippen molar-refractivity contribution < 1.29 is 22.4 Å². The van der Waals surface area contributed by atoms with Gasteiger partial charge in [-0.25, -0.2) is 4.98 Å². The highest BCUT2D eigenvalue weighted by Gasteiger charge is 2.32. The minimum Gasteiger partial charge on any atom is -0.383 e. The molecule has 0 unspecified atom stereocenters. The Morgan fingerprint density at radius 3 is 2.69 bits per heavy atom. The number of hydrogen-bond acceptors (Lipinski definition) is 7. The number of benzene rings is 1. The number of anilines is 1. The van der Waals surface area contributed by atoms with Gasteiger partial charge >= 0.3 is 6.18 Å². The van der Waals surface area contributed by atoms with E-state index in [1.54, 1.807) is 13.3 Å². The second kappa shape index (κ2) is 9.66. The molecule has 4 rings (SSSR count). The van der Waals surface area contributed by atoms with Crippen molar-refractivity contribution in [3.05, 3.63) is 59.6 Å². The smallest absolute Gasteiger partial charge is 0.383 e. The summed E-state index contributed by atoms with van der Waals surface area (Å²) in [4.78, 5) is 11.1. The average Bonchev–Trinajstić information content (AvgIpc) is 3.44. The monoisotopic (exact) mass is 447 g/mol. The Labute approximate surface area is 183 Å². The third-order valence-electron chi connectivity index (χ3n) is 5.39. The molecule has 1 N–H and O–H groups in total. The molecule has 0 amide bonds. The lowest BCUT2D eigenvalue weighted by Gasteiger charge is -2.21. The predicted molar refractivity (Wildman–Crippen MR) is 112 cm³/mol. The summed E-state index contributed by atoms with van der Waals surface area (Å²) >= 11 is 0. The van der Waals surface area contributed by atoms with E-state index in [0.717, 1.165) is 48.5 Å². The quantitative estimate of drug-likeness (QED) is 0.508. The topological polar surface area (TPSA) is 76.3 Å². The first-order valence-electron chi connectivity index (χ1n) is 10.4. The summed E-state index contributed by atoms with van der Waals surface area (Å²) in [6.45, 7) is 2.57. The molecule has 0 bridgehead atoms. The molecular formula is C22H24F3N5O2. The molecule has 2 aromatic heterocycles. The first-order valence-corrected chi connectivity index (χ1v) is 10.4. The molecule has 3 heterocycles. The number of methoxy groups -OCH3 is 1. The molecule has 0 radical (unpaired) electrons. The molecule has 1 aliphatic rings. The Balaban J connectivity index is 1.41. The maximum Gasteiger partial charge on any atom is 0.416 e. The number of likely N-dealkylation sites (tertiary alicyclic amines) is 1. The van der Waals surface area contributed by atoms with E-state index in [4.69, 9.17) is 9.26 Å². The first-order chi connectivity index (χ1) is 15.4. The Morgan fingerprint density at radius 1 is 1.19 bits per heavy atom. The van der Waals surface area contributed by atoms with Gasteiger partial charge in [0.05, 0.1) is 18.2 Å². The van der Waals surface area contributed by atoms with Crippen LogP contribution in [0.3, 0.4) is 0 Å². The van der Waals surface area contributed by atoms with Gasteiger partial charge in [0.15, 0.2) is 0 Å². The molecule has 1 saturated heterocycles. The molecule has 1 atom stereocenters. The van der Waals surface area contributed by atoms with Crippen molar-refractivity contribution >= 4 is 5.82 Å². The zero-order valence-corrected chi connectivity index (χ0v) is 17.6. The third-order valence-corrected chi connectivity index (χ3v) is 5.39. The molecule has 170 valence electrons. The van der Waals surface area contributed by atoms with E-state index in [0.29, 0.717) is 31.4 Å². The summed E-state index contributed by atoms with van der Waals surface area (Å²) in [6, 6.07) is 8.91. The van der Waals surface area contributed by atoms with Crippen LogP contribution in [-0.2, 0) is 17.5 Å². The van der Waals surface area contributed by atoms with Crippen molar-refractivity contribution in [3.8, 4) is 11.4 Å². The van der Waals surface area contributed by atoms with Crippen LogP contribution in [0.5, 0.6) is 0 Å². The molecule has 3 aromatic rings. The van der Waals surface area contributed by atoms with E-state index in [9.17, 15) is 13.2 Å². The number of halogens is 3. The molecule has 1 aromatic carbocycles. The van der Waals surface area contributed by atoms with Crippen molar-refractivity contribution in [2.24, 2.45) is 0 Å². The summed E-state index contributed by atoms with van der Waals surface area (Å²) in [7, 11) is 1.64. The molecule has 0 saturated carbocycles. The minimum absolute atomic E-state index is 0.0681. The summed E-state index contributed by atoms with van der Waals surface area (Å²) < 4.78 is 48.9. The minimum atomic E-state index is -4.33. The van der Waals surface area contributed by atoms with Gasteiger partial charge in [0.25, 0.3) is 0 Å². The van der Waals surface area contributed by atoms with Crippen LogP contribution in [0, 0.1) is 0 Å². The molecule has 32 heavy (non-hydrogen) atoms. The van der Waals surface area contributed by atoms with Gasteiger partial charge in [-0.15, -0.1) is 0 Å². The molecule has 1 fully saturated rings. The number of rotatable bonds is 8. The molecular weight excluding hydrogens is 423 g/mol. The van der Waals surface area contributed by atoms with Crippen LogP contribution in [0.15, 0.2) is 47.1 Å². The lowest BCUT2D eigenvalue weighted by molar-refractivity contribution is -0.137. The predicted octanol–water partition coefficient (Wildman–Crippen LogP) is 4.55. The van der Waals surface area contributed by atoms with Crippen LogP contribution < -0.4 is 5.32 Å². The SMILES string of the molecule is COCCNc1ccc(-c2noc([C@@H]3CCCN3Cc3ccc(C(F)(F)F)cc3)n2)cn1. The Hall–Kier alpha value is -2.98. The first kappa shape index (κ1) is 22.2. The molecule has 10 heteroatoms. The van der Waals surface area contributed by atoms with Gasteiger partial charge in [0, 0.05) is 32.0 Å². The van der Waals surface area contributed by atoms with Crippen molar-refractivity contribution in [1.82, 2.24) is 20.0 Å². The van der Waals surface area contributed by atoms with Crippen molar-refractivity contribution in [2.75, 3.05) is 32.1 Å². The second-order valence-corrected chi connectivity index (χ2v) is 7.63. The summed E-state index contributed by atoms with van der Waals surface area (Å²) in [5.41, 5.74) is 0.907. The van der Waals surface area contributed by atoms with Crippen molar-refractivity contribution in [2.45, 2.75) is 31.6 Å². The highest BCUT2D eigenvalue weighted by atomic mass is 19.4. The van der Waals surface area contributed by atoms with Gasteiger partial charge in [0.1, 0.15) is 5.82 Å². The van der Waals surface area contributed by atoms with Crippen LogP contribution in [0.1, 0.15) is 35.9 Å². The highest BCUT2D eigenvalue weighted by Crippen LogP contribution is 2.34. The molecule has 0 aliphatic carbocycles. The summed E-state index contributed by atoms with van der Waals surface area (Å²) in [5.74, 6) is 1.69. The van der Waals surface area contributed by atoms with E-state index in [2.05, 4.69) is 25.3 Å². The fourth-order valence-electron chi connectivity index (χ4n) is 3.73. The van der Waals surface area contributed by atoms with Crippen LogP contribution in [0.25, 0.3) is 11.4 Å². The van der Waals surface area contributed by atoms with Gasteiger partial charge < -0.3 is 14.6 Å². The van der Waals surface area contributed by atoms with Crippen LogP contribution in [0.2, 0.25) is 0 Å². The van der Waals surface area contributed by atoms with E-state index >= 15 is 0 Å². The highest BCUT2D eigenvalue weighted by molar-refractivity contribution is 5.55. The van der Waals surface area contributed by atoms with E-state index in [1.165, 1.54) is 12.1 Å². The largest absolute Gasteiger partial charge is 0.416 e. The Kier molecular flexibility index (Phi) is 6.71. The van der Waals surface area contributed by atoms with Crippen molar-refractivity contribution in [1.29, 1.82) is 0 Å². The third kappa shape index (κ3) is 5.25. The Bertz CT molecular complexity index is 1010. The maximum atomic E-state index is 12.8. The van der Waals surface area contributed by atoms with E-state index in [1.807, 2.05) is 12.1 Å². The lowest BCUT2D eigenvalue weighted by Crippen LogP contribution is -2.23. The van der Waals surface area contributed by atoms with Crippen molar-refractivity contribution in [3.63, 3.8) is 0 Å². The van der Waals surface area contributed by atoms with Crippen LogP contribution in [0.4, 0.5) is 19.0 Å². The van der Waals surface area contributed by atoms with Gasteiger partial charge in [-0.05, 0) is 49.2 Å². The average molecular weight is 447 g/mol. The maximum absolute atomic E-state index is 12.8. The fraction of sp³-hybridized carbons (Fsp3) is 0.409. The molecule has 1 aliphatic heterocycles. The van der Waals surface area contributed by atoms with Gasteiger partial charge in [-0.2, -0.15) is 18.2 Å². The number of ether oxygens (including phenoxy) is 1. The summed E-state index contributed by atoms with van der Waals surface area (Å²) in [6.07, 6.45) is -0.852. The van der Waals surface area contributed by atoms with Crippen LogP contribution in [-0.4, -0.2) is 46.8 Å². The lowest BCUT2D eigenvalue weighted by atomic mass is 10.1. The standard InChI is InChI=1S/C22H24F3N5O2/c1-31-12-10-26-19-9-6-16(13-27-19)20-28-21(32-29-20)18-3-2-11-30(18)14-15-4-7-17(8-5-15)22(23,24)25/h4-9,13,18H,2-3,10-12,14H2,1H3,(H,26,27)/t18-/m0/s1. The zero-order chi connectivity index (χ0) is 22.6. The van der Waals surface area contributed by atoms with E-state index in [-0.39, 0.29) is 6.04 Å². The zero-order valence-electron chi connectivity index (χ0n) is 17.6. The van der Waals surface area contributed by atoms with E-state index < -0.39 is 11.7 Å². The normalized spacial score (nSPS) is 17.1. The second-order valence-electron chi connectivity index (χ2n) is 7.63. The molecule has 7 nitrogen and oxygen atoms in total. The van der Waals surface area contributed by atoms with Gasteiger partial charge in [-0.3, -0.25) is 4.90 Å². The number of aromatic nitrogens is 3. The Morgan fingerprint density at radius 2 is 2.00 bits per heavy atom. The van der Waals surface area contributed by atoms with Crippen LogP contribution >= 0.6 is 0 Å². The fourth-order valence-corrected chi connectivity index (χ4v) is 3.73. The molecule has 0 spiro atoms. The number of alkyl halides is 3.